The van der Waals surface area contributed by atoms with Gasteiger partial charge in [-0.25, -0.2) is 0 Å². The molecule has 1 heterocycles. The predicted octanol–water partition coefficient (Wildman–Crippen LogP) is 1.77. The highest BCUT2D eigenvalue weighted by molar-refractivity contribution is 7.80. The van der Waals surface area contributed by atoms with E-state index in [-0.39, 0.29) is 11.8 Å². The van der Waals surface area contributed by atoms with Gasteiger partial charge in [-0.2, -0.15) is 0 Å². The van der Waals surface area contributed by atoms with Crippen LogP contribution in [0.3, 0.4) is 0 Å². The van der Waals surface area contributed by atoms with Crippen LogP contribution in [0.25, 0.3) is 0 Å². The molecule has 126 valence electrons. The van der Waals surface area contributed by atoms with Crippen molar-refractivity contribution in [3.63, 3.8) is 0 Å². The SMILES string of the molecule is CN(C)CCNC(=S)N1CCC(C(=O)Nc2ccccc2)CC1. The standard InChI is InChI=1S/C17H26N4OS/c1-20(2)13-10-18-17(23)21-11-8-14(9-12-21)16(22)19-15-6-4-3-5-7-15/h3-7,14H,8-13H2,1-2H3,(H,18,23)(H,19,22). The van der Waals surface area contributed by atoms with E-state index < -0.39 is 0 Å². The Morgan fingerprint density at radius 1 is 1.26 bits per heavy atom. The lowest BCUT2D eigenvalue weighted by Gasteiger charge is -2.33. The average Bonchev–Trinajstić information content (AvgIpc) is 2.55. The van der Waals surface area contributed by atoms with E-state index in [9.17, 15) is 4.79 Å². The zero-order valence-electron chi connectivity index (χ0n) is 13.9. The normalized spacial score (nSPS) is 15.5. The molecule has 0 atom stereocenters. The Balaban J connectivity index is 1.73. The van der Waals surface area contributed by atoms with Crippen LogP contribution in [0.5, 0.6) is 0 Å². The molecule has 1 aliphatic rings. The maximum Gasteiger partial charge on any atom is 0.227 e. The molecule has 0 aliphatic carbocycles. The van der Waals surface area contributed by atoms with Gasteiger partial charge in [0, 0.05) is 37.8 Å². The van der Waals surface area contributed by atoms with Gasteiger partial charge in [0.25, 0.3) is 0 Å². The zero-order chi connectivity index (χ0) is 16.7. The second kappa shape index (κ2) is 8.84. The molecule has 0 saturated carbocycles. The van der Waals surface area contributed by atoms with Crippen LogP contribution in [-0.4, -0.2) is 61.1 Å². The summed E-state index contributed by atoms with van der Waals surface area (Å²) in [5.74, 6) is 0.179. The molecule has 2 N–H and O–H groups in total. The maximum absolute atomic E-state index is 12.3. The average molecular weight is 334 g/mol. The molecule has 1 aromatic rings. The third-order valence-electron chi connectivity index (χ3n) is 4.03. The van der Waals surface area contributed by atoms with Gasteiger partial charge in [0.05, 0.1) is 0 Å². The summed E-state index contributed by atoms with van der Waals surface area (Å²) in [6.07, 6.45) is 1.68. The van der Waals surface area contributed by atoms with Crippen LogP contribution in [-0.2, 0) is 4.79 Å². The monoisotopic (exact) mass is 334 g/mol. The molecule has 1 amide bonds. The fourth-order valence-corrected chi connectivity index (χ4v) is 2.89. The molecule has 6 heteroatoms. The number of amides is 1. The van der Waals surface area contributed by atoms with E-state index in [2.05, 4.69) is 20.4 Å². The summed E-state index contributed by atoms with van der Waals surface area (Å²) >= 11 is 5.43. The number of hydrogen-bond donors (Lipinski definition) is 2. The number of nitrogens with zero attached hydrogens (tertiary/aromatic N) is 2. The highest BCUT2D eigenvalue weighted by Gasteiger charge is 2.26. The molecule has 0 spiro atoms. The predicted molar refractivity (Wildman–Crippen MR) is 98.5 cm³/mol. The fraction of sp³-hybridized carbons (Fsp3) is 0.529. The molecule has 0 bridgehead atoms. The zero-order valence-corrected chi connectivity index (χ0v) is 14.7. The van der Waals surface area contributed by atoms with Crippen molar-refractivity contribution in [1.82, 2.24) is 15.1 Å². The minimum atomic E-state index is 0.0658. The van der Waals surface area contributed by atoms with Crippen LogP contribution in [0.15, 0.2) is 30.3 Å². The van der Waals surface area contributed by atoms with Gasteiger partial charge < -0.3 is 20.4 Å². The van der Waals surface area contributed by atoms with E-state index in [1.165, 1.54) is 0 Å². The summed E-state index contributed by atoms with van der Waals surface area (Å²) in [6.45, 7) is 3.47. The van der Waals surface area contributed by atoms with Crippen molar-refractivity contribution in [2.45, 2.75) is 12.8 Å². The van der Waals surface area contributed by atoms with Crippen molar-refractivity contribution >= 4 is 28.9 Å². The van der Waals surface area contributed by atoms with Gasteiger partial charge in [-0.05, 0) is 51.3 Å². The number of piperidine rings is 1. The summed E-state index contributed by atoms with van der Waals surface area (Å²) in [5, 5.41) is 7.07. The Morgan fingerprint density at radius 3 is 2.52 bits per heavy atom. The molecule has 1 aliphatic heterocycles. The highest BCUT2D eigenvalue weighted by Crippen LogP contribution is 2.19. The molecule has 1 aromatic carbocycles. The van der Waals surface area contributed by atoms with Crippen molar-refractivity contribution in [3.05, 3.63) is 30.3 Å². The summed E-state index contributed by atoms with van der Waals surface area (Å²) in [4.78, 5) is 16.6. The van der Waals surface area contributed by atoms with E-state index in [4.69, 9.17) is 12.2 Å². The third kappa shape index (κ3) is 5.80. The number of likely N-dealkylation sites (tertiary alicyclic amines) is 1. The molecule has 23 heavy (non-hydrogen) atoms. The number of benzene rings is 1. The summed E-state index contributed by atoms with van der Waals surface area (Å²) in [7, 11) is 4.09. The van der Waals surface area contributed by atoms with Gasteiger partial charge in [-0.15, -0.1) is 0 Å². The van der Waals surface area contributed by atoms with Gasteiger partial charge in [0.2, 0.25) is 5.91 Å². The molecule has 1 saturated heterocycles. The summed E-state index contributed by atoms with van der Waals surface area (Å²) < 4.78 is 0. The Labute approximate surface area is 144 Å². The lowest BCUT2D eigenvalue weighted by atomic mass is 9.96. The molecular weight excluding hydrogens is 308 g/mol. The first-order chi connectivity index (χ1) is 11.1. The number of rotatable bonds is 5. The van der Waals surface area contributed by atoms with Crippen LogP contribution in [0.4, 0.5) is 5.69 Å². The quantitative estimate of drug-likeness (QED) is 0.804. The fourth-order valence-electron chi connectivity index (χ4n) is 2.61. The van der Waals surface area contributed by atoms with Gasteiger partial charge in [0.15, 0.2) is 5.11 Å². The Morgan fingerprint density at radius 2 is 1.91 bits per heavy atom. The Bertz CT molecular complexity index is 513. The maximum atomic E-state index is 12.3. The van der Waals surface area contributed by atoms with Crippen molar-refractivity contribution in [2.75, 3.05) is 45.6 Å². The van der Waals surface area contributed by atoms with Crippen LogP contribution in [0, 0.1) is 5.92 Å². The van der Waals surface area contributed by atoms with Crippen molar-refractivity contribution in [3.8, 4) is 0 Å². The number of carbonyl (C=O) groups excluding carboxylic acids is 1. The van der Waals surface area contributed by atoms with Crippen molar-refractivity contribution < 1.29 is 4.79 Å². The van der Waals surface area contributed by atoms with Gasteiger partial charge in [-0.1, -0.05) is 18.2 Å². The third-order valence-corrected chi connectivity index (χ3v) is 4.43. The number of thiocarbonyl (C=S) groups is 1. The number of carbonyl (C=O) groups is 1. The second-order valence-electron chi connectivity index (χ2n) is 6.15. The molecule has 2 rings (SSSR count). The smallest absolute Gasteiger partial charge is 0.227 e. The minimum absolute atomic E-state index is 0.0658. The van der Waals surface area contributed by atoms with E-state index >= 15 is 0 Å². The first kappa shape index (κ1) is 17.7. The van der Waals surface area contributed by atoms with E-state index in [0.29, 0.717) is 0 Å². The molecule has 5 nitrogen and oxygen atoms in total. The van der Waals surface area contributed by atoms with Crippen LogP contribution >= 0.6 is 12.2 Å². The van der Waals surface area contributed by atoms with Gasteiger partial charge >= 0.3 is 0 Å². The van der Waals surface area contributed by atoms with Crippen molar-refractivity contribution in [2.24, 2.45) is 5.92 Å². The number of para-hydroxylation sites is 1. The Hall–Kier alpha value is -1.66. The number of likely N-dealkylation sites (N-methyl/N-ethyl adjacent to an activating group) is 1. The van der Waals surface area contributed by atoms with Crippen LogP contribution < -0.4 is 10.6 Å². The van der Waals surface area contributed by atoms with E-state index in [1.54, 1.807) is 0 Å². The number of hydrogen-bond acceptors (Lipinski definition) is 3. The topological polar surface area (TPSA) is 47.6 Å². The molecule has 0 radical (unpaired) electrons. The first-order valence-corrected chi connectivity index (χ1v) is 8.50. The second-order valence-corrected chi connectivity index (χ2v) is 6.54. The molecule has 0 unspecified atom stereocenters. The lowest BCUT2D eigenvalue weighted by molar-refractivity contribution is -0.120. The number of nitrogens with one attached hydrogen (secondary N) is 2. The van der Waals surface area contributed by atoms with E-state index in [1.807, 2.05) is 44.4 Å². The summed E-state index contributed by atoms with van der Waals surface area (Å²) in [5.41, 5.74) is 0.862. The first-order valence-electron chi connectivity index (χ1n) is 8.09. The van der Waals surface area contributed by atoms with Crippen LogP contribution in [0.1, 0.15) is 12.8 Å². The minimum Gasteiger partial charge on any atom is -0.361 e. The number of anilines is 1. The largest absolute Gasteiger partial charge is 0.361 e. The molecule has 1 fully saturated rings. The highest BCUT2D eigenvalue weighted by atomic mass is 32.1. The molecule has 0 aromatic heterocycles. The van der Waals surface area contributed by atoms with Crippen LogP contribution in [0.2, 0.25) is 0 Å². The summed E-state index contributed by atoms with van der Waals surface area (Å²) in [6, 6.07) is 9.62. The Kier molecular flexibility index (Phi) is 6.80. The van der Waals surface area contributed by atoms with Gasteiger partial charge in [-0.3, -0.25) is 4.79 Å². The van der Waals surface area contributed by atoms with E-state index in [0.717, 1.165) is 49.8 Å². The molecular formula is C17H26N4OS. The lowest BCUT2D eigenvalue weighted by Crippen LogP contribution is -2.47. The van der Waals surface area contributed by atoms with Crippen molar-refractivity contribution in [1.29, 1.82) is 0 Å². The van der Waals surface area contributed by atoms with Gasteiger partial charge in [0.1, 0.15) is 0 Å².